The summed E-state index contributed by atoms with van der Waals surface area (Å²) in [5, 5.41) is 0. The van der Waals surface area contributed by atoms with Gasteiger partial charge < -0.3 is 9.47 Å². The van der Waals surface area contributed by atoms with Crippen LogP contribution in [0.5, 0.6) is 0 Å². The van der Waals surface area contributed by atoms with Crippen molar-refractivity contribution in [2.45, 2.75) is 5.92 Å². The molecule has 1 unspecified atom stereocenters. The summed E-state index contributed by atoms with van der Waals surface area (Å²) in [5.41, 5.74) is 0.902. The molecule has 0 N–H and O–H groups in total. The molecule has 0 amide bonds. The summed E-state index contributed by atoms with van der Waals surface area (Å²) in [6.07, 6.45) is 0. The number of hydrogen-bond acceptors (Lipinski definition) is 4. The maximum Gasteiger partial charge on any atom is 0.233 e. The molecule has 0 aliphatic heterocycles. The van der Waals surface area contributed by atoms with Gasteiger partial charge in [0.25, 0.3) is 0 Å². The first-order chi connectivity index (χ1) is 8.53. The Hall–Kier alpha value is -0.620. The van der Waals surface area contributed by atoms with Gasteiger partial charge in [0.15, 0.2) is 0 Å². The Morgan fingerprint density at radius 1 is 1.22 bits per heavy atom. The molecule has 4 nitrogen and oxygen atoms in total. The summed E-state index contributed by atoms with van der Waals surface area (Å²) in [5.74, 6) is -0.392. The van der Waals surface area contributed by atoms with Crippen LogP contribution in [0.2, 0.25) is 0 Å². The van der Waals surface area contributed by atoms with Crippen molar-refractivity contribution < 1.29 is 17.9 Å². The first kappa shape index (κ1) is 15.4. The minimum Gasteiger partial charge on any atom is -0.382 e. The van der Waals surface area contributed by atoms with E-state index in [-0.39, 0.29) is 11.7 Å². The normalized spacial score (nSPS) is 13.4. The van der Waals surface area contributed by atoms with E-state index in [1.165, 1.54) is 0 Å². The van der Waals surface area contributed by atoms with Gasteiger partial charge in [-0.05, 0) is 5.56 Å². The highest BCUT2D eigenvalue weighted by molar-refractivity contribution is 8.13. The van der Waals surface area contributed by atoms with Gasteiger partial charge in [0.05, 0.1) is 25.6 Å². The molecule has 0 radical (unpaired) electrons. The van der Waals surface area contributed by atoms with Crippen LogP contribution in [0.3, 0.4) is 0 Å². The lowest BCUT2D eigenvalue weighted by atomic mass is 10.0. The van der Waals surface area contributed by atoms with Crippen LogP contribution in [0.15, 0.2) is 30.3 Å². The van der Waals surface area contributed by atoms with Crippen molar-refractivity contribution in [3.05, 3.63) is 35.9 Å². The molecule has 0 saturated heterocycles. The van der Waals surface area contributed by atoms with Crippen molar-refractivity contribution in [1.82, 2.24) is 0 Å². The number of halogens is 1. The van der Waals surface area contributed by atoms with Crippen LogP contribution in [0, 0.1) is 0 Å². The molecule has 0 bridgehead atoms. The Bertz CT molecular complexity index is 433. The van der Waals surface area contributed by atoms with Crippen LogP contribution in [-0.4, -0.2) is 41.1 Å². The van der Waals surface area contributed by atoms with Crippen LogP contribution >= 0.6 is 10.7 Å². The smallest absolute Gasteiger partial charge is 0.233 e. The highest BCUT2D eigenvalue weighted by Gasteiger charge is 2.19. The van der Waals surface area contributed by atoms with E-state index in [4.69, 9.17) is 20.2 Å². The molecule has 1 atom stereocenters. The van der Waals surface area contributed by atoms with Gasteiger partial charge in [0, 0.05) is 23.7 Å². The molecule has 1 aromatic rings. The molecule has 18 heavy (non-hydrogen) atoms. The van der Waals surface area contributed by atoms with Gasteiger partial charge in [0.1, 0.15) is 0 Å². The summed E-state index contributed by atoms with van der Waals surface area (Å²) in [7, 11) is 3.34. The summed E-state index contributed by atoms with van der Waals surface area (Å²) >= 11 is 0. The molecule has 6 heteroatoms. The summed E-state index contributed by atoms with van der Waals surface area (Å²) in [4.78, 5) is 0. The average Bonchev–Trinajstić information content (AvgIpc) is 2.33. The van der Waals surface area contributed by atoms with E-state index < -0.39 is 9.05 Å². The van der Waals surface area contributed by atoms with Gasteiger partial charge >= 0.3 is 0 Å². The van der Waals surface area contributed by atoms with E-state index in [0.717, 1.165) is 5.56 Å². The number of hydrogen-bond donors (Lipinski definition) is 0. The largest absolute Gasteiger partial charge is 0.382 e. The number of ether oxygens (including phenoxy) is 2. The van der Waals surface area contributed by atoms with Crippen molar-refractivity contribution >= 4 is 19.7 Å². The van der Waals surface area contributed by atoms with Crippen LogP contribution < -0.4 is 0 Å². The highest BCUT2D eigenvalue weighted by Crippen LogP contribution is 2.19. The van der Waals surface area contributed by atoms with Gasteiger partial charge in [-0.1, -0.05) is 30.3 Å². The zero-order valence-corrected chi connectivity index (χ0v) is 11.8. The molecular weight excluding hydrogens is 276 g/mol. The third kappa shape index (κ3) is 6.35. The summed E-state index contributed by atoms with van der Waals surface area (Å²) < 4.78 is 32.6. The molecule has 102 valence electrons. The highest BCUT2D eigenvalue weighted by atomic mass is 35.7. The van der Waals surface area contributed by atoms with Crippen molar-refractivity contribution in [3.63, 3.8) is 0 Å². The van der Waals surface area contributed by atoms with Crippen LogP contribution in [0.4, 0.5) is 0 Å². The number of rotatable bonds is 8. The Kier molecular flexibility index (Phi) is 6.63. The zero-order valence-electron chi connectivity index (χ0n) is 10.2. The molecule has 1 rings (SSSR count). The SMILES string of the molecule is COCCOCC(CS(=O)(=O)Cl)c1ccccc1. The third-order valence-corrected chi connectivity index (χ3v) is 3.60. The minimum absolute atomic E-state index is 0.133. The fraction of sp³-hybridized carbons (Fsp3) is 0.500. The standard InChI is InChI=1S/C12H17ClO4S/c1-16-7-8-17-9-12(10-18(13,14)15)11-5-3-2-4-6-11/h2-6,12H,7-10H2,1H3. The van der Waals surface area contributed by atoms with E-state index in [0.29, 0.717) is 19.8 Å². The molecular formula is C12H17ClO4S. The molecule has 0 fully saturated rings. The monoisotopic (exact) mass is 292 g/mol. The van der Waals surface area contributed by atoms with Crippen LogP contribution in [-0.2, 0) is 18.5 Å². The van der Waals surface area contributed by atoms with Gasteiger partial charge in [-0.15, -0.1) is 0 Å². The Morgan fingerprint density at radius 2 is 1.89 bits per heavy atom. The molecule has 0 aliphatic rings. The number of methoxy groups -OCH3 is 1. The topological polar surface area (TPSA) is 52.6 Å². The first-order valence-corrected chi connectivity index (χ1v) is 8.04. The Labute approximate surface area is 112 Å². The van der Waals surface area contributed by atoms with Crippen LogP contribution in [0.25, 0.3) is 0 Å². The maximum absolute atomic E-state index is 11.2. The molecule has 0 aromatic heterocycles. The van der Waals surface area contributed by atoms with E-state index in [2.05, 4.69) is 0 Å². The maximum atomic E-state index is 11.2. The predicted octanol–water partition coefficient (Wildman–Crippen LogP) is 2.00. The molecule has 0 heterocycles. The average molecular weight is 293 g/mol. The predicted molar refractivity (Wildman–Crippen MR) is 71.5 cm³/mol. The number of benzene rings is 1. The quantitative estimate of drug-likeness (QED) is 0.543. The second-order valence-electron chi connectivity index (χ2n) is 3.88. The minimum atomic E-state index is -3.55. The molecule has 0 spiro atoms. The summed E-state index contributed by atoms with van der Waals surface area (Å²) in [6, 6.07) is 9.33. The lowest BCUT2D eigenvalue weighted by Crippen LogP contribution is -2.17. The van der Waals surface area contributed by atoms with Crippen molar-refractivity contribution in [2.24, 2.45) is 0 Å². The fourth-order valence-corrected chi connectivity index (χ4v) is 2.80. The van der Waals surface area contributed by atoms with Crippen molar-refractivity contribution in [2.75, 3.05) is 32.7 Å². The van der Waals surface area contributed by atoms with Gasteiger partial charge in [-0.25, -0.2) is 8.42 Å². The molecule has 1 aromatic carbocycles. The van der Waals surface area contributed by atoms with Crippen molar-refractivity contribution in [3.8, 4) is 0 Å². The van der Waals surface area contributed by atoms with Crippen LogP contribution in [0.1, 0.15) is 11.5 Å². The second-order valence-corrected chi connectivity index (χ2v) is 6.70. The molecule has 0 saturated carbocycles. The fourth-order valence-electron chi connectivity index (χ4n) is 1.57. The third-order valence-electron chi connectivity index (χ3n) is 2.42. The lowest BCUT2D eigenvalue weighted by Gasteiger charge is -2.15. The molecule has 0 aliphatic carbocycles. The van der Waals surface area contributed by atoms with E-state index in [1.807, 2.05) is 30.3 Å². The van der Waals surface area contributed by atoms with Gasteiger partial charge in [-0.3, -0.25) is 0 Å². The van der Waals surface area contributed by atoms with E-state index in [9.17, 15) is 8.42 Å². The lowest BCUT2D eigenvalue weighted by molar-refractivity contribution is 0.0652. The van der Waals surface area contributed by atoms with Gasteiger partial charge in [0.2, 0.25) is 9.05 Å². The Balaban J connectivity index is 2.64. The summed E-state index contributed by atoms with van der Waals surface area (Å²) in [6.45, 7) is 1.22. The zero-order chi connectivity index (χ0) is 13.4. The van der Waals surface area contributed by atoms with Crippen molar-refractivity contribution in [1.29, 1.82) is 0 Å². The van der Waals surface area contributed by atoms with E-state index >= 15 is 0 Å². The second kappa shape index (κ2) is 7.74. The van der Waals surface area contributed by atoms with E-state index in [1.54, 1.807) is 7.11 Å². The Morgan fingerprint density at radius 3 is 2.44 bits per heavy atom. The van der Waals surface area contributed by atoms with Gasteiger partial charge in [-0.2, -0.15) is 0 Å². The first-order valence-electron chi connectivity index (χ1n) is 5.57.